The quantitative estimate of drug-likeness (QED) is 0.604. The minimum atomic E-state index is -1.15. The third kappa shape index (κ3) is 3.29. The van der Waals surface area contributed by atoms with E-state index >= 15 is 0 Å². The van der Waals surface area contributed by atoms with Crippen LogP contribution in [0.4, 0.5) is 11.4 Å². The molecular weight excluding hydrogens is 280 g/mol. The molecule has 1 saturated heterocycles. The molecule has 1 unspecified atom stereocenters. The fourth-order valence-electron chi connectivity index (χ4n) is 2.20. The number of carboxylic acid groups (broad SMARTS) is 1. The lowest BCUT2D eigenvalue weighted by molar-refractivity contribution is -0.384. The fraction of sp³-hybridized carbons (Fsp3) is 0.462. The molecule has 1 aliphatic heterocycles. The van der Waals surface area contributed by atoms with Gasteiger partial charge in [0.1, 0.15) is 5.60 Å². The maximum absolute atomic E-state index is 11.2. The summed E-state index contributed by atoms with van der Waals surface area (Å²) < 4.78 is 10.7. The number of carbonyl (C=O) groups is 1. The van der Waals surface area contributed by atoms with Gasteiger partial charge in [0.15, 0.2) is 0 Å². The molecule has 0 aromatic heterocycles. The Balaban J connectivity index is 2.22. The van der Waals surface area contributed by atoms with Crippen LogP contribution >= 0.6 is 0 Å². The number of methoxy groups -OCH3 is 1. The molecule has 1 aromatic carbocycles. The Morgan fingerprint density at radius 2 is 2.38 bits per heavy atom. The molecule has 2 N–H and O–H groups in total. The highest BCUT2D eigenvalue weighted by Crippen LogP contribution is 2.26. The molecule has 8 heteroatoms. The average molecular weight is 296 g/mol. The number of nitrogens with one attached hydrogen (secondary N) is 1. The van der Waals surface area contributed by atoms with Gasteiger partial charge in [-0.1, -0.05) is 0 Å². The first-order valence-electron chi connectivity index (χ1n) is 6.36. The first-order chi connectivity index (χ1) is 9.97. The van der Waals surface area contributed by atoms with E-state index < -0.39 is 16.5 Å². The Hall–Kier alpha value is -2.19. The lowest BCUT2D eigenvalue weighted by atomic mass is 10.0. The van der Waals surface area contributed by atoms with Crippen molar-refractivity contribution in [3.8, 4) is 0 Å². The number of ether oxygens (including phenoxy) is 2. The van der Waals surface area contributed by atoms with Crippen LogP contribution in [0.5, 0.6) is 0 Å². The van der Waals surface area contributed by atoms with Gasteiger partial charge >= 0.3 is 5.97 Å². The molecule has 1 aliphatic rings. The van der Waals surface area contributed by atoms with Gasteiger partial charge in [-0.2, -0.15) is 0 Å². The lowest BCUT2D eigenvalue weighted by Gasteiger charge is -2.26. The first kappa shape index (κ1) is 15.2. The highest BCUT2D eigenvalue weighted by atomic mass is 16.6. The van der Waals surface area contributed by atoms with Gasteiger partial charge < -0.3 is 19.9 Å². The Morgan fingerprint density at radius 3 is 2.90 bits per heavy atom. The van der Waals surface area contributed by atoms with Crippen LogP contribution < -0.4 is 5.32 Å². The van der Waals surface area contributed by atoms with E-state index in [0.29, 0.717) is 26.2 Å². The van der Waals surface area contributed by atoms with E-state index in [-0.39, 0.29) is 16.9 Å². The summed E-state index contributed by atoms with van der Waals surface area (Å²) in [5.74, 6) is -1.15. The Morgan fingerprint density at radius 1 is 1.62 bits per heavy atom. The normalized spacial score (nSPS) is 21.2. The zero-order valence-electron chi connectivity index (χ0n) is 11.5. The van der Waals surface area contributed by atoms with Gasteiger partial charge in [-0.15, -0.1) is 0 Å². The van der Waals surface area contributed by atoms with Crippen LogP contribution in [0.15, 0.2) is 18.2 Å². The number of benzene rings is 1. The second kappa shape index (κ2) is 6.06. The number of nitro benzene ring substituents is 1. The second-order valence-electron chi connectivity index (χ2n) is 4.84. The zero-order valence-corrected chi connectivity index (χ0v) is 11.5. The molecule has 0 bridgehead atoms. The van der Waals surface area contributed by atoms with Crippen molar-refractivity contribution in [1.82, 2.24) is 0 Å². The van der Waals surface area contributed by atoms with Crippen LogP contribution in [0.2, 0.25) is 0 Å². The molecule has 0 amide bonds. The van der Waals surface area contributed by atoms with Crippen LogP contribution in [0.3, 0.4) is 0 Å². The van der Waals surface area contributed by atoms with Gasteiger partial charge in [0, 0.05) is 38.8 Å². The molecule has 1 heterocycles. The van der Waals surface area contributed by atoms with Gasteiger partial charge in [-0.3, -0.25) is 10.1 Å². The summed E-state index contributed by atoms with van der Waals surface area (Å²) in [6.07, 6.45) is 0.674. The summed E-state index contributed by atoms with van der Waals surface area (Å²) in [4.78, 5) is 21.4. The average Bonchev–Trinajstić information content (AvgIpc) is 2.94. The summed E-state index contributed by atoms with van der Waals surface area (Å²) in [6.45, 7) is 1.27. The highest BCUT2D eigenvalue weighted by molar-refractivity contribution is 5.94. The predicted octanol–water partition coefficient (Wildman–Crippen LogP) is 1.51. The Bertz CT molecular complexity index is 554. The maximum atomic E-state index is 11.2. The second-order valence-corrected chi connectivity index (χ2v) is 4.84. The molecule has 0 radical (unpaired) electrons. The van der Waals surface area contributed by atoms with Gasteiger partial charge in [0.2, 0.25) is 0 Å². The topological polar surface area (TPSA) is 111 Å². The van der Waals surface area contributed by atoms with Crippen molar-refractivity contribution in [2.45, 2.75) is 12.0 Å². The predicted molar refractivity (Wildman–Crippen MR) is 73.7 cm³/mol. The van der Waals surface area contributed by atoms with E-state index in [9.17, 15) is 14.9 Å². The van der Waals surface area contributed by atoms with Crippen LogP contribution in [-0.4, -0.2) is 48.5 Å². The van der Waals surface area contributed by atoms with E-state index in [4.69, 9.17) is 14.6 Å². The summed E-state index contributed by atoms with van der Waals surface area (Å²) in [5.41, 5.74) is -0.539. The van der Waals surface area contributed by atoms with Crippen LogP contribution in [0.25, 0.3) is 0 Å². The standard InChI is InChI=1S/C13H16N2O6/c1-20-13(4-5-21-8-13)7-14-11-6-9(15(18)19)2-3-10(11)12(16)17/h2-3,6,14H,4-5,7-8H2,1H3,(H,16,17). The molecule has 0 spiro atoms. The maximum Gasteiger partial charge on any atom is 0.337 e. The summed E-state index contributed by atoms with van der Waals surface area (Å²) in [6, 6.07) is 3.59. The van der Waals surface area contributed by atoms with Crippen molar-refractivity contribution in [3.05, 3.63) is 33.9 Å². The Kier molecular flexibility index (Phi) is 4.39. The van der Waals surface area contributed by atoms with Gasteiger partial charge in [-0.25, -0.2) is 4.79 Å². The molecule has 8 nitrogen and oxygen atoms in total. The summed E-state index contributed by atoms with van der Waals surface area (Å²) >= 11 is 0. The van der Waals surface area contributed by atoms with E-state index in [1.165, 1.54) is 18.2 Å². The van der Waals surface area contributed by atoms with E-state index in [2.05, 4.69) is 5.32 Å². The molecule has 1 fully saturated rings. The molecule has 114 valence electrons. The molecule has 2 rings (SSSR count). The van der Waals surface area contributed by atoms with Crippen molar-refractivity contribution < 1.29 is 24.3 Å². The third-order valence-corrected chi connectivity index (χ3v) is 3.55. The van der Waals surface area contributed by atoms with Crippen LogP contribution in [0, 0.1) is 10.1 Å². The largest absolute Gasteiger partial charge is 0.478 e. The van der Waals surface area contributed by atoms with Gasteiger partial charge in [0.05, 0.1) is 22.8 Å². The van der Waals surface area contributed by atoms with E-state index in [0.717, 1.165) is 0 Å². The number of nitrogens with zero attached hydrogens (tertiary/aromatic N) is 1. The summed E-state index contributed by atoms with van der Waals surface area (Å²) in [5, 5.41) is 22.9. The number of hydrogen-bond acceptors (Lipinski definition) is 6. The van der Waals surface area contributed by atoms with Crippen molar-refractivity contribution in [2.75, 3.05) is 32.2 Å². The molecule has 0 aliphatic carbocycles. The SMILES string of the molecule is COC1(CNc2cc([N+](=O)[O-])ccc2C(=O)O)CCOC1. The number of hydrogen-bond donors (Lipinski definition) is 2. The monoisotopic (exact) mass is 296 g/mol. The van der Waals surface area contributed by atoms with E-state index in [1.54, 1.807) is 7.11 Å². The molecule has 21 heavy (non-hydrogen) atoms. The molecule has 1 aromatic rings. The van der Waals surface area contributed by atoms with Gasteiger partial charge in [-0.05, 0) is 6.07 Å². The minimum absolute atomic E-state index is 0.0224. The minimum Gasteiger partial charge on any atom is -0.478 e. The number of nitro groups is 1. The number of rotatable bonds is 6. The number of non-ortho nitro benzene ring substituents is 1. The van der Waals surface area contributed by atoms with Gasteiger partial charge in [0.25, 0.3) is 5.69 Å². The third-order valence-electron chi connectivity index (χ3n) is 3.55. The molecular formula is C13H16N2O6. The number of carboxylic acids is 1. The fourth-order valence-corrected chi connectivity index (χ4v) is 2.20. The van der Waals surface area contributed by atoms with E-state index in [1.807, 2.05) is 0 Å². The summed E-state index contributed by atoms with van der Waals surface area (Å²) in [7, 11) is 1.56. The zero-order chi connectivity index (χ0) is 15.5. The highest BCUT2D eigenvalue weighted by Gasteiger charge is 2.35. The molecule has 1 atom stereocenters. The number of anilines is 1. The lowest BCUT2D eigenvalue weighted by Crippen LogP contribution is -2.39. The molecule has 0 saturated carbocycles. The van der Waals surface area contributed by atoms with Crippen LogP contribution in [0.1, 0.15) is 16.8 Å². The first-order valence-corrected chi connectivity index (χ1v) is 6.36. The Labute approximate surface area is 120 Å². The number of aromatic carboxylic acids is 1. The van der Waals surface area contributed by atoms with Crippen molar-refractivity contribution in [1.29, 1.82) is 0 Å². The smallest absolute Gasteiger partial charge is 0.337 e. The van der Waals surface area contributed by atoms with Crippen molar-refractivity contribution in [3.63, 3.8) is 0 Å². The van der Waals surface area contributed by atoms with Crippen LogP contribution in [-0.2, 0) is 9.47 Å². The van der Waals surface area contributed by atoms with Crippen molar-refractivity contribution >= 4 is 17.3 Å². The van der Waals surface area contributed by atoms with Crippen molar-refractivity contribution in [2.24, 2.45) is 0 Å².